The van der Waals surface area contributed by atoms with Crippen LogP contribution in [-0.2, 0) is 23.4 Å². The van der Waals surface area contributed by atoms with Crippen LogP contribution in [0.1, 0.15) is 79.3 Å². The average molecular weight is 574 g/mol. The number of anilines is 2. The smallest absolute Gasteiger partial charge is 0.318 e. The van der Waals surface area contributed by atoms with Crippen LogP contribution in [0.25, 0.3) is 0 Å². The van der Waals surface area contributed by atoms with Gasteiger partial charge in [0, 0.05) is 49.2 Å². The van der Waals surface area contributed by atoms with Crippen LogP contribution in [0.3, 0.4) is 0 Å². The summed E-state index contributed by atoms with van der Waals surface area (Å²) in [4.78, 5) is 13.7. The quantitative estimate of drug-likeness (QED) is 0.523. The summed E-state index contributed by atoms with van der Waals surface area (Å²) in [5.41, 5.74) is 9.42. The van der Waals surface area contributed by atoms with Crippen LogP contribution in [0, 0.1) is 22.7 Å². The maximum absolute atomic E-state index is 14.4. The Morgan fingerprint density at radius 2 is 2.12 bits per heavy atom. The molecule has 0 bridgehead atoms. The van der Waals surface area contributed by atoms with Crippen molar-refractivity contribution in [3.63, 3.8) is 0 Å². The van der Waals surface area contributed by atoms with Crippen molar-refractivity contribution in [1.29, 1.82) is 10.5 Å². The Morgan fingerprint density at radius 1 is 1.26 bits per heavy atom. The first kappa shape index (κ1) is 27.3. The highest BCUT2D eigenvalue weighted by Crippen LogP contribution is 2.51. The van der Waals surface area contributed by atoms with Gasteiger partial charge in [-0.1, -0.05) is 13.0 Å². The third kappa shape index (κ3) is 4.21. The van der Waals surface area contributed by atoms with Gasteiger partial charge in [-0.2, -0.15) is 20.5 Å². The monoisotopic (exact) mass is 573 g/mol. The molecule has 1 aromatic carbocycles. The van der Waals surface area contributed by atoms with Gasteiger partial charge in [-0.3, -0.25) is 4.90 Å². The van der Waals surface area contributed by atoms with E-state index < -0.39 is 23.9 Å². The minimum atomic E-state index is -0.871. The van der Waals surface area contributed by atoms with Gasteiger partial charge in [0.1, 0.15) is 36.3 Å². The van der Waals surface area contributed by atoms with Crippen LogP contribution in [0.2, 0.25) is 0 Å². The number of β-amino-alcohol motifs (C(OH)–C–C–N with tert-alkyl or cyclic N) is 1. The Hall–Kier alpha value is -3.51. The Labute approximate surface area is 244 Å². The first-order chi connectivity index (χ1) is 20.3. The van der Waals surface area contributed by atoms with Crippen molar-refractivity contribution in [1.82, 2.24) is 14.9 Å². The molecule has 4 aliphatic heterocycles. The van der Waals surface area contributed by atoms with Crippen LogP contribution < -0.4 is 15.4 Å². The molecule has 1 spiro atoms. The molecule has 5 heterocycles. The second kappa shape index (κ2) is 10.0. The van der Waals surface area contributed by atoms with Crippen LogP contribution in [0.4, 0.5) is 15.9 Å². The van der Waals surface area contributed by atoms with E-state index in [4.69, 9.17) is 25.2 Å². The molecule has 7 rings (SSSR count). The van der Waals surface area contributed by atoms with E-state index in [2.05, 4.69) is 24.0 Å². The van der Waals surface area contributed by atoms with E-state index in [1.165, 1.54) is 0 Å². The van der Waals surface area contributed by atoms with E-state index in [0.717, 1.165) is 48.2 Å². The van der Waals surface area contributed by atoms with Crippen LogP contribution in [-0.4, -0.2) is 70.1 Å². The van der Waals surface area contributed by atoms with E-state index in [9.17, 15) is 20.0 Å². The van der Waals surface area contributed by atoms with Gasteiger partial charge in [-0.15, -0.1) is 0 Å². The van der Waals surface area contributed by atoms with E-state index in [-0.39, 0.29) is 37.2 Å². The fourth-order valence-electron chi connectivity index (χ4n) is 8.15. The first-order valence-electron chi connectivity index (χ1n) is 15.0. The fourth-order valence-corrected chi connectivity index (χ4v) is 8.15. The normalized spacial score (nSPS) is 33.6. The molecule has 0 amide bonds. The number of hydrogen-bond acceptors (Lipinski definition) is 10. The molecule has 1 aromatic heterocycles. The third-order valence-corrected chi connectivity index (χ3v) is 10.3. The molecule has 2 aromatic rings. The molecule has 3 saturated heterocycles. The van der Waals surface area contributed by atoms with Crippen molar-refractivity contribution in [2.24, 2.45) is 0 Å². The van der Waals surface area contributed by atoms with Gasteiger partial charge in [0.15, 0.2) is 0 Å². The highest BCUT2D eigenvalue weighted by atomic mass is 19.1. The van der Waals surface area contributed by atoms with E-state index in [1.54, 1.807) is 6.07 Å². The SMILES string of the molecule is C[C@H]1CC[C@]2(Cc3nc(OCC45CCCN4C[C@H](F)C5)nc(N4C[C@H](O)C[C@H]4C#N)c3CO2)c2c1ccc(N)c2C#N. The summed E-state index contributed by atoms with van der Waals surface area (Å²) < 4.78 is 27.5. The summed E-state index contributed by atoms with van der Waals surface area (Å²) in [6, 6.07) is 8.07. The van der Waals surface area contributed by atoms with E-state index in [0.29, 0.717) is 49.3 Å². The number of fused-ring (bicyclic) bond motifs is 4. The molecular formula is C31H36FN7O3. The number of aliphatic hydroxyl groups excluding tert-OH is 1. The summed E-state index contributed by atoms with van der Waals surface area (Å²) in [5, 5.41) is 30.5. The second-order valence-electron chi connectivity index (χ2n) is 12.8. The number of nitrogen functional groups attached to an aromatic ring is 1. The molecule has 1 aliphatic carbocycles. The highest BCUT2D eigenvalue weighted by Gasteiger charge is 2.50. The molecule has 0 saturated carbocycles. The zero-order chi connectivity index (χ0) is 29.2. The summed E-state index contributed by atoms with van der Waals surface area (Å²) in [6.07, 6.45) is 3.08. The number of ether oxygens (including phenoxy) is 2. The van der Waals surface area contributed by atoms with Crippen molar-refractivity contribution in [3.8, 4) is 18.1 Å². The fraction of sp³-hybridized carbons (Fsp3) is 0.613. The lowest BCUT2D eigenvalue weighted by atomic mass is 9.69. The predicted octanol–water partition coefficient (Wildman–Crippen LogP) is 3.21. The summed E-state index contributed by atoms with van der Waals surface area (Å²) in [7, 11) is 0. The number of benzene rings is 1. The lowest BCUT2D eigenvalue weighted by Crippen LogP contribution is -2.44. The number of alkyl halides is 1. The maximum atomic E-state index is 14.4. The zero-order valence-corrected chi connectivity index (χ0v) is 23.9. The number of aromatic nitrogens is 2. The molecule has 10 nitrogen and oxygen atoms in total. The van der Waals surface area contributed by atoms with Gasteiger partial charge in [0.05, 0.1) is 35.6 Å². The van der Waals surface area contributed by atoms with E-state index >= 15 is 0 Å². The van der Waals surface area contributed by atoms with Crippen molar-refractivity contribution in [2.75, 3.05) is 36.9 Å². The van der Waals surface area contributed by atoms with Crippen LogP contribution in [0.5, 0.6) is 6.01 Å². The van der Waals surface area contributed by atoms with Crippen LogP contribution in [0.15, 0.2) is 12.1 Å². The number of halogens is 1. The lowest BCUT2D eigenvalue weighted by molar-refractivity contribution is -0.0873. The third-order valence-electron chi connectivity index (χ3n) is 10.3. The highest BCUT2D eigenvalue weighted by molar-refractivity contribution is 5.64. The summed E-state index contributed by atoms with van der Waals surface area (Å²) in [6.45, 7) is 4.18. The van der Waals surface area contributed by atoms with Crippen molar-refractivity contribution in [3.05, 3.63) is 40.1 Å². The van der Waals surface area contributed by atoms with Gasteiger partial charge in [0.25, 0.3) is 0 Å². The van der Waals surface area contributed by atoms with Gasteiger partial charge >= 0.3 is 6.01 Å². The number of hydrogen-bond donors (Lipinski definition) is 2. The number of nitriles is 2. The predicted molar refractivity (Wildman–Crippen MR) is 151 cm³/mol. The van der Waals surface area contributed by atoms with E-state index in [1.807, 2.05) is 11.0 Å². The molecule has 3 fully saturated rings. The lowest BCUT2D eigenvalue weighted by Gasteiger charge is -2.45. The second-order valence-corrected chi connectivity index (χ2v) is 12.8. The molecule has 220 valence electrons. The van der Waals surface area contributed by atoms with Crippen LogP contribution >= 0.6 is 0 Å². The minimum Gasteiger partial charge on any atom is -0.461 e. The number of nitrogens with two attached hydrogens (primary N) is 1. The van der Waals surface area contributed by atoms with Gasteiger partial charge < -0.3 is 25.2 Å². The van der Waals surface area contributed by atoms with Crippen molar-refractivity contribution >= 4 is 11.5 Å². The minimum absolute atomic E-state index is 0.180. The standard InChI is InChI=1S/C31H36FN7O3/c1-18-5-7-31(27-22(18)3-4-25(35)23(27)13-34)11-26-24(16-42-31)28(39-15-21(40)9-20(39)12-33)37-29(36-26)41-17-30-6-2-8-38(30)14-19(32)10-30/h3-4,18-21,40H,2,5-11,14-17,35H2,1H3/t18-,19+,20-,21+,30?,31-/m0/s1. The molecule has 0 radical (unpaired) electrons. The molecule has 3 N–H and O–H groups in total. The number of rotatable bonds is 4. The average Bonchev–Trinajstić information content (AvgIpc) is 3.64. The first-order valence-corrected chi connectivity index (χ1v) is 15.0. The molecule has 5 aliphatic rings. The Morgan fingerprint density at radius 3 is 2.93 bits per heavy atom. The topological polar surface area (TPSA) is 145 Å². The largest absolute Gasteiger partial charge is 0.461 e. The van der Waals surface area contributed by atoms with Crippen molar-refractivity contribution < 1.29 is 19.0 Å². The van der Waals surface area contributed by atoms with Gasteiger partial charge in [-0.05, 0) is 49.8 Å². The molecule has 42 heavy (non-hydrogen) atoms. The Bertz CT molecular complexity index is 1510. The maximum Gasteiger partial charge on any atom is 0.318 e. The molecule has 1 unspecified atom stereocenters. The Kier molecular flexibility index (Phi) is 6.54. The summed E-state index contributed by atoms with van der Waals surface area (Å²) in [5.74, 6) is 0.783. The summed E-state index contributed by atoms with van der Waals surface area (Å²) >= 11 is 0. The molecular weight excluding hydrogens is 537 g/mol. The van der Waals surface area contributed by atoms with Gasteiger partial charge in [-0.25, -0.2) is 4.39 Å². The van der Waals surface area contributed by atoms with Crippen molar-refractivity contribution in [2.45, 2.75) is 93.9 Å². The molecule has 11 heteroatoms. The number of nitrogens with zero attached hydrogens (tertiary/aromatic N) is 6. The number of aliphatic hydroxyl groups is 1. The Balaban J connectivity index is 1.30. The zero-order valence-electron chi connectivity index (χ0n) is 23.9. The van der Waals surface area contributed by atoms with Gasteiger partial charge in [0.2, 0.25) is 0 Å². The molecule has 6 atom stereocenters.